The number of rotatable bonds is 26. The second-order valence-electron chi connectivity index (χ2n) is 13.4. The molecule has 2 aromatic carbocycles. The minimum atomic E-state index is -1.29. The minimum absolute atomic E-state index is 0.0507. The molecule has 0 aliphatic heterocycles. The number of hydrogen-bond donors (Lipinski definition) is 2. The number of aliphatic hydroxyl groups is 1. The quantitative estimate of drug-likeness (QED) is 0.0656. The number of para-hydroxylation sites is 2. The molecular weight excluding hydrogens is 635 g/mol. The Labute approximate surface area is 290 Å². The van der Waals surface area contributed by atoms with Gasteiger partial charge >= 0.3 is 0 Å². The molecule has 0 aliphatic carbocycles. The van der Waals surface area contributed by atoms with Crippen LogP contribution in [0.2, 0.25) is 0 Å². The summed E-state index contributed by atoms with van der Waals surface area (Å²) in [4.78, 5) is 2.36. The number of aliphatic hydroxyl groups excluding tert-OH is 1. The summed E-state index contributed by atoms with van der Waals surface area (Å²) in [6.07, 6.45) is 2.03. The molecule has 0 saturated carbocycles. The zero-order valence-electron chi connectivity index (χ0n) is 30.5. The van der Waals surface area contributed by atoms with E-state index in [0.29, 0.717) is 58.8 Å². The lowest BCUT2D eigenvalue weighted by Gasteiger charge is -2.36. The van der Waals surface area contributed by atoms with Gasteiger partial charge in [0.25, 0.3) is 0 Å². The Kier molecular flexibility index (Phi) is 20.7. The van der Waals surface area contributed by atoms with Crippen LogP contribution in [-0.2, 0) is 41.1 Å². The van der Waals surface area contributed by atoms with E-state index in [9.17, 15) is 5.11 Å². The zero-order valence-corrected chi connectivity index (χ0v) is 31.4. The molecule has 12 heteroatoms. The number of hydrogen-bond acceptors (Lipinski definition) is 11. The van der Waals surface area contributed by atoms with Gasteiger partial charge in [0.05, 0.1) is 43.9 Å². The van der Waals surface area contributed by atoms with Crippen molar-refractivity contribution < 1.29 is 42.6 Å². The summed E-state index contributed by atoms with van der Waals surface area (Å²) >= 11 is 0. The Morgan fingerprint density at radius 1 is 0.750 bits per heavy atom. The number of nitrogens with one attached hydrogen (secondary N) is 1. The van der Waals surface area contributed by atoms with E-state index in [1.807, 2.05) is 42.5 Å². The second-order valence-corrected chi connectivity index (χ2v) is 14.7. The van der Waals surface area contributed by atoms with Gasteiger partial charge in [-0.25, -0.2) is 0 Å². The standard InChI is InChI=1S/C36H61N2O9P/c1-35(2,3)46-48(47-36(4,5)6)27-38(25-31-15-10-12-18-34(31)45-29-43-23-21-41-8)26-32(16-13-19-39)37-24-30-14-9-11-17-33(30)44-28-42-22-20-40-7/h9-12,14-15,17-18,32,37,39H,13,16,19-29H2,1-8H3. The van der Waals surface area contributed by atoms with Crippen molar-refractivity contribution in [3.63, 3.8) is 0 Å². The predicted molar refractivity (Wildman–Crippen MR) is 190 cm³/mol. The Balaban J connectivity index is 2.29. The molecule has 274 valence electrons. The number of methoxy groups -OCH3 is 2. The first-order chi connectivity index (χ1) is 22.9. The van der Waals surface area contributed by atoms with Gasteiger partial charge in [0.15, 0.2) is 22.0 Å². The van der Waals surface area contributed by atoms with E-state index in [-0.39, 0.29) is 37.4 Å². The van der Waals surface area contributed by atoms with Crippen LogP contribution in [0.15, 0.2) is 48.5 Å². The van der Waals surface area contributed by atoms with Crippen molar-refractivity contribution in [3.05, 3.63) is 59.7 Å². The monoisotopic (exact) mass is 696 g/mol. The van der Waals surface area contributed by atoms with E-state index in [4.69, 9.17) is 37.5 Å². The second kappa shape index (κ2) is 23.5. The average molecular weight is 697 g/mol. The molecule has 0 aliphatic rings. The maximum Gasteiger partial charge on any atom is 0.189 e. The summed E-state index contributed by atoms with van der Waals surface area (Å²) in [5, 5.41) is 13.5. The van der Waals surface area contributed by atoms with Crippen LogP contribution >= 0.6 is 8.38 Å². The Bertz CT molecular complexity index is 1100. The predicted octanol–water partition coefficient (Wildman–Crippen LogP) is 6.32. The number of nitrogens with zero attached hydrogens (tertiary/aromatic N) is 1. The third-order valence-electron chi connectivity index (χ3n) is 6.64. The van der Waals surface area contributed by atoms with Crippen molar-refractivity contribution in [2.45, 2.75) is 84.7 Å². The summed E-state index contributed by atoms with van der Waals surface area (Å²) in [7, 11) is 2.00. The van der Waals surface area contributed by atoms with Gasteiger partial charge in [-0.05, 0) is 66.5 Å². The van der Waals surface area contributed by atoms with Gasteiger partial charge in [-0.2, -0.15) is 0 Å². The maximum atomic E-state index is 9.79. The van der Waals surface area contributed by atoms with E-state index in [0.717, 1.165) is 29.0 Å². The smallest absolute Gasteiger partial charge is 0.189 e. The molecule has 0 radical (unpaired) electrons. The Hall–Kier alpha value is -1.89. The topological polar surface area (TPSA) is 109 Å². The Morgan fingerprint density at radius 2 is 1.27 bits per heavy atom. The van der Waals surface area contributed by atoms with Crippen molar-refractivity contribution in [2.24, 2.45) is 0 Å². The number of ether oxygens (including phenoxy) is 6. The first kappa shape index (κ1) is 42.3. The van der Waals surface area contributed by atoms with E-state index in [1.165, 1.54) is 0 Å². The first-order valence-corrected chi connectivity index (χ1v) is 18.1. The summed E-state index contributed by atoms with van der Waals surface area (Å²) in [6, 6.07) is 16.0. The van der Waals surface area contributed by atoms with E-state index < -0.39 is 8.38 Å². The normalized spacial score (nSPS) is 13.0. The van der Waals surface area contributed by atoms with E-state index in [2.05, 4.69) is 57.8 Å². The highest BCUT2D eigenvalue weighted by Gasteiger charge is 2.29. The third kappa shape index (κ3) is 19.3. The van der Waals surface area contributed by atoms with Gasteiger partial charge in [0, 0.05) is 57.6 Å². The van der Waals surface area contributed by atoms with Gasteiger partial charge in [-0.15, -0.1) is 0 Å². The van der Waals surface area contributed by atoms with Gasteiger partial charge in [-0.1, -0.05) is 36.4 Å². The Morgan fingerprint density at radius 3 is 1.79 bits per heavy atom. The highest BCUT2D eigenvalue weighted by atomic mass is 31.2. The molecule has 0 aromatic heterocycles. The van der Waals surface area contributed by atoms with E-state index in [1.54, 1.807) is 14.2 Å². The van der Waals surface area contributed by atoms with Crippen LogP contribution in [0.4, 0.5) is 0 Å². The SMILES string of the molecule is COCCOCOc1ccccc1CNC(CCCO)CN(Cc1ccccc1OCOCCOC)CP(OC(C)(C)C)OC(C)(C)C. The third-order valence-corrected chi connectivity index (χ3v) is 8.77. The van der Waals surface area contributed by atoms with Crippen LogP contribution < -0.4 is 14.8 Å². The fourth-order valence-electron chi connectivity index (χ4n) is 4.60. The van der Waals surface area contributed by atoms with Gasteiger partial charge in [0.1, 0.15) is 11.5 Å². The van der Waals surface area contributed by atoms with Crippen molar-refractivity contribution in [2.75, 3.05) is 73.7 Å². The highest BCUT2D eigenvalue weighted by Crippen LogP contribution is 2.47. The maximum absolute atomic E-state index is 9.79. The lowest BCUT2D eigenvalue weighted by molar-refractivity contribution is -0.00923. The highest BCUT2D eigenvalue weighted by molar-refractivity contribution is 7.47. The first-order valence-electron chi connectivity index (χ1n) is 16.7. The molecule has 2 N–H and O–H groups in total. The van der Waals surface area contributed by atoms with Gasteiger partial charge in [0.2, 0.25) is 0 Å². The van der Waals surface area contributed by atoms with Crippen molar-refractivity contribution >= 4 is 8.38 Å². The molecule has 11 nitrogen and oxygen atoms in total. The molecule has 0 bridgehead atoms. The molecule has 1 atom stereocenters. The van der Waals surface area contributed by atoms with Gasteiger partial charge < -0.3 is 47.9 Å². The van der Waals surface area contributed by atoms with Crippen LogP contribution in [0.3, 0.4) is 0 Å². The van der Waals surface area contributed by atoms with Crippen LogP contribution in [-0.4, -0.2) is 101 Å². The van der Waals surface area contributed by atoms with Crippen LogP contribution in [0.25, 0.3) is 0 Å². The summed E-state index contributed by atoms with van der Waals surface area (Å²) in [5.74, 6) is 1.52. The van der Waals surface area contributed by atoms with Crippen LogP contribution in [0, 0.1) is 0 Å². The van der Waals surface area contributed by atoms with Crippen molar-refractivity contribution in [1.29, 1.82) is 0 Å². The summed E-state index contributed by atoms with van der Waals surface area (Å²) in [5.41, 5.74) is 1.29. The molecule has 2 rings (SSSR count). The molecule has 1 unspecified atom stereocenters. The van der Waals surface area contributed by atoms with Gasteiger partial charge in [-0.3, -0.25) is 4.90 Å². The molecule has 2 aromatic rings. The van der Waals surface area contributed by atoms with Crippen molar-refractivity contribution in [1.82, 2.24) is 10.2 Å². The molecule has 0 saturated heterocycles. The molecule has 0 amide bonds. The molecule has 0 fully saturated rings. The summed E-state index contributed by atoms with van der Waals surface area (Å²) < 4.78 is 46.3. The minimum Gasteiger partial charge on any atom is -0.467 e. The van der Waals surface area contributed by atoms with Crippen LogP contribution in [0.5, 0.6) is 11.5 Å². The summed E-state index contributed by atoms with van der Waals surface area (Å²) in [6.45, 7) is 16.5. The fraction of sp³-hybridized carbons (Fsp3) is 0.667. The lowest BCUT2D eigenvalue weighted by Crippen LogP contribution is -2.41. The molecule has 0 spiro atoms. The largest absolute Gasteiger partial charge is 0.467 e. The molecule has 48 heavy (non-hydrogen) atoms. The zero-order chi connectivity index (χ0) is 35.3. The fourth-order valence-corrected chi connectivity index (χ4v) is 6.52. The average Bonchev–Trinajstić information content (AvgIpc) is 3.01. The van der Waals surface area contributed by atoms with Crippen LogP contribution in [0.1, 0.15) is 65.5 Å². The lowest BCUT2D eigenvalue weighted by atomic mass is 10.1. The van der Waals surface area contributed by atoms with Crippen molar-refractivity contribution in [3.8, 4) is 11.5 Å². The van der Waals surface area contributed by atoms with E-state index >= 15 is 0 Å². The number of benzene rings is 2. The molecule has 0 heterocycles. The molecular formula is C36H61N2O9P.